The number of unbranched alkanes of at least 4 members (excludes halogenated alkanes) is 2. The van der Waals surface area contributed by atoms with Gasteiger partial charge in [-0.15, -0.1) is 0 Å². The molecular formula is C16H24N2O3. The lowest BCUT2D eigenvalue weighted by Crippen LogP contribution is -2.23. The summed E-state index contributed by atoms with van der Waals surface area (Å²) in [7, 11) is 0. The lowest BCUT2D eigenvalue weighted by atomic mass is 10.1. The minimum Gasteiger partial charge on any atom is -0.392 e. The molecule has 5 nitrogen and oxygen atoms in total. The van der Waals surface area contributed by atoms with Crippen LogP contribution in [0.3, 0.4) is 0 Å². The van der Waals surface area contributed by atoms with Crippen molar-refractivity contribution in [2.75, 3.05) is 6.54 Å². The van der Waals surface area contributed by atoms with E-state index in [0.29, 0.717) is 19.5 Å². The Morgan fingerprint density at radius 3 is 2.57 bits per heavy atom. The Hall–Kier alpha value is -1.88. The predicted octanol–water partition coefficient (Wildman–Crippen LogP) is 1.49. The highest BCUT2D eigenvalue weighted by atomic mass is 16.3. The summed E-state index contributed by atoms with van der Waals surface area (Å²) in [5, 5.41) is 14.6. The molecule has 0 saturated heterocycles. The van der Waals surface area contributed by atoms with E-state index in [1.807, 2.05) is 24.3 Å². The molecule has 2 amide bonds. The van der Waals surface area contributed by atoms with Gasteiger partial charge < -0.3 is 15.7 Å². The van der Waals surface area contributed by atoms with E-state index in [1.165, 1.54) is 6.92 Å². The lowest BCUT2D eigenvalue weighted by molar-refractivity contribution is -0.121. The van der Waals surface area contributed by atoms with Gasteiger partial charge in [0.05, 0.1) is 6.61 Å². The summed E-state index contributed by atoms with van der Waals surface area (Å²) in [6.07, 6.45) is 3.14. The number of carbonyl (C=O) groups is 2. The van der Waals surface area contributed by atoms with Crippen LogP contribution >= 0.6 is 0 Å². The molecule has 0 saturated carbocycles. The number of aliphatic hydroxyl groups is 1. The van der Waals surface area contributed by atoms with E-state index in [1.54, 1.807) is 0 Å². The Morgan fingerprint density at radius 1 is 1.10 bits per heavy atom. The van der Waals surface area contributed by atoms with E-state index >= 15 is 0 Å². The minimum atomic E-state index is -0.0159. The third kappa shape index (κ3) is 8.09. The summed E-state index contributed by atoms with van der Waals surface area (Å²) in [4.78, 5) is 22.3. The number of carbonyl (C=O) groups excluding carboxylic acids is 2. The van der Waals surface area contributed by atoms with E-state index in [9.17, 15) is 9.59 Å². The number of benzene rings is 1. The van der Waals surface area contributed by atoms with Crippen molar-refractivity contribution in [3.63, 3.8) is 0 Å². The van der Waals surface area contributed by atoms with Crippen LogP contribution in [-0.2, 0) is 22.7 Å². The maximum Gasteiger partial charge on any atom is 0.220 e. The third-order valence-electron chi connectivity index (χ3n) is 3.12. The molecule has 0 radical (unpaired) electrons. The van der Waals surface area contributed by atoms with Crippen LogP contribution in [0.4, 0.5) is 0 Å². The molecule has 116 valence electrons. The van der Waals surface area contributed by atoms with Gasteiger partial charge in [0.15, 0.2) is 0 Å². The highest BCUT2D eigenvalue weighted by molar-refractivity contribution is 5.75. The Bertz CT molecular complexity index is 461. The Balaban J connectivity index is 2.12. The van der Waals surface area contributed by atoms with Crippen molar-refractivity contribution in [1.29, 1.82) is 0 Å². The molecule has 0 aliphatic rings. The molecule has 0 bridgehead atoms. The summed E-state index contributed by atoms with van der Waals surface area (Å²) in [6, 6.07) is 7.52. The van der Waals surface area contributed by atoms with Crippen molar-refractivity contribution in [2.24, 2.45) is 0 Å². The average molecular weight is 292 g/mol. The summed E-state index contributed by atoms with van der Waals surface area (Å²) < 4.78 is 0. The largest absolute Gasteiger partial charge is 0.392 e. The predicted molar refractivity (Wildman–Crippen MR) is 81.4 cm³/mol. The number of aliphatic hydroxyl groups excluding tert-OH is 1. The molecule has 21 heavy (non-hydrogen) atoms. The van der Waals surface area contributed by atoms with Crippen LogP contribution < -0.4 is 10.6 Å². The van der Waals surface area contributed by atoms with E-state index in [0.717, 1.165) is 30.4 Å². The van der Waals surface area contributed by atoms with Crippen LogP contribution in [0.25, 0.3) is 0 Å². The average Bonchev–Trinajstić information content (AvgIpc) is 2.48. The van der Waals surface area contributed by atoms with Crippen molar-refractivity contribution in [3.8, 4) is 0 Å². The molecule has 0 fully saturated rings. The second-order valence-electron chi connectivity index (χ2n) is 5.05. The van der Waals surface area contributed by atoms with Gasteiger partial charge >= 0.3 is 0 Å². The molecule has 0 aromatic heterocycles. The monoisotopic (exact) mass is 292 g/mol. The molecule has 0 heterocycles. The molecule has 0 atom stereocenters. The third-order valence-corrected chi connectivity index (χ3v) is 3.12. The van der Waals surface area contributed by atoms with E-state index in [-0.39, 0.29) is 18.4 Å². The zero-order valence-electron chi connectivity index (χ0n) is 12.5. The zero-order chi connectivity index (χ0) is 15.5. The topological polar surface area (TPSA) is 78.4 Å². The molecule has 1 aromatic rings. The summed E-state index contributed by atoms with van der Waals surface area (Å²) in [5.41, 5.74) is 1.83. The van der Waals surface area contributed by atoms with Gasteiger partial charge in [-0.1, -0.05) is 30.7 Å². The molecule has 5 heteroatoms. The fourth-order valence-corrected chi connectivity index (χ4v) is 1.98. The first kappa shape index (κ1) is 17.2. The van der Waals surface area contributed by atoms with Crippen LogP contribution in [0, 0.1) is 0 Å². The second kappa shape index (κ2) is 9.94. The van der Waals surface area contributed by atoms with Gasteiger partial charge in [0, 0.05) is 26.4 Å². The van der Waals surface area contributed by atoms with Gasteiger partial charge in [-0.3, -0.25) is 9.59 Å². The van der Waals surface area contributed by atoms with Crippen LogP contribution in [0.15, 0.2) is 24.3 Å². The van der Waals surface area contributed by atoms with Crippen LogP contribution in [-0.4, -0.2) is 23.5 Å². The maximum absolute atomic E-state index is 11.7. The van der Waals surface area contributed by atoms with E-state index in [4.69, 9.17) is 5.11 Å². The molecule has 0 spiro atoms. The Kier molecular flexibility index (Phi) is 8.12. The highest BCUT2D eigenvalue weighted by Gasteiger charge is 2.02. The van der Waals surface area contributed by atoms with Crippen molar-refractivity contribution < 1.29 is 14.7 Å². The van der Waals surface area contributed by atoms with Crippen LogP contribution in [0.1, 0.15) is 43.7 Å². The fraction of sp³-hybridized carbons (Fsp3) is 0.500. The summed E-state index contributed by atoms with van der Waals surface area (Å²) in [5.74, 6) is 0.0155. The molecule has 0 aliphatic carbocycles. The zero-order valence-corrected chi connectivity index (χ0v) is 12.5. The quantitative estimate of drug-likeness (QED) is 0.603. The van der Waals surface area contributed by atoms with Gasteiger partial charge in [-0.25, -0.2) is 0 Å². The maximum atomic E-state index is 11.7. The number of amides is 2. The molecular weight excluding hydrogens is 268 g/mol. The smallest absolute Gasteiger partial charge is 0.220 e. The first-order valence-electron chi connectivity index (χ1n) is 7.31. The van der Waals surface area contributed by atoms with Crippen LogP contribution in [0.5, 0.6) is 0 Å². The molecule has 0 unspecified atom stereocenters. The first-order valence-corrected chi connectivity index (χ1v) is 7.31. The number of rotatable bonds is 9. The number of hydrogen-bond acceptors (Lipinski definition) is 3. The standard InChI is InChI=1S/C16H24N2O3/c1-13(20)17-9-4-2-3-8-16(21)18-11-14-6-5-7-15(10-14)12-19/h5-7,10,19H,2-4,8-9,11-12H2,1H3,(H,17,20)(H,18,21). The van der Waals surface area contributed by atoms with Gasteiger partial charge in [0.1, 0.15) is 0 Å². The van der Waals surface area contributed by atoms with Crippen molar-refractivity contribution in [2.45, 2.75) is 45.8 Å². The van der Waals surface area contributed by atoms with Crippen LogP contribution in [0.2, 0.25) is 0 Å². The first-order chi connectivity index (χ1) is 10.1. The minimum absolute atomic E-state index is 0.0100. The number of nitrogens with one attached hydrogen (secondary N) is 2. The molecule has 3 N–H and O–H groups in total. The SMILES string of the molecule is CC(=O)NCCCCCC(=O)NCc1cccc(CO)c1. The van der Waals surface area contributed by atoms with Crippen molar-refractivity contribution in [3.05, 3.63) is 35.4 Å². The van der Waals surface area contributed by atoms with E-state index in [2.05, 4.69) is 10.6 Å². The summed E-state index contributed by atoms with van der Waals surface area (Å²) >= 11 is 0. The van der Waals surface area contributed by atoms with Gasteiger partial charge in [-0.2, -0.15) is 0 Å². The van der Waals surface area contributed by atoms with Gasteiger partial charge in [0.25, 0.3) is 0 Å². The lowest BCUT2D eigenvalue weighted by Gasteiger charge is -2.07. The summed E-state index contributed by atoms with van der Waals surface area (Å²) in [6.45, 7) is 2.67. The van der Waals surface area contributed by atoms with Gasteiger partial charge in [0.2, 0.25) is 11.8 Å². The fourth-order valence-electron chi connectivity index (χ4n) is 1.98. The Morgan fingerprint density at radius 2 is 1.86 bits per heavy atom. The normalized spacial score (nSPS) is 10.2. The van der Waals surface area contributed by atoms with Gasteiger partial charge in [-0.05, 0) is 24.0 Å². The molecule has 1 aromatic carbocycles. The Labute approximate surface area is 125 Å². The second-order valence-corrected chi connectivity index (χ2v) is 5.05. The van der Waals surface area contributed by atoms with Crippen molar-refractivity contribution in [1.82, 2.24) is 10.6 Å². The van der Waals surface area contributed by atoms with Crippen molar-refractivity contribution >= 4 is 11.8 Å². The number of hydrogen-bond donors (Lipinski definition) is 3. The van der Waals surface area contributed by atoms with E-state index < -0.39 is 0 Å². The molecule has 1 rings (SSSR count). The highest BCUT2D eigenvalue weighted by Crippen LogP contribution is 2.05. The molecule has 0 aliphatic heterocycles.